The van der Waals surface area contributed by atoms with Crippen molar-refractivity contribution in [1.82, 2.24) is 5.32 Å². The monoisotopic (exact) mass is 331 g/mol. The van der Waals surface area contributed by atoms with Crippen molar-refractivity contribution in [2.75, 3.05) is 13.1 Å². The highest BCUT2D eigenvalue weighted by molar-refractivity contribution is 6.68. The molecule has 7 heteroatoms. The fourth-order valence-electron chi connectivity index (χ4n) is 2.27. The Morgan fingerprint density at radius 1 is 1.26 bits per heavy atom. The van der Waals surface area contributed by atoms with Crippen LogP contribution in [-0.4, -0.2) is 41.2 Å². The molecule has 0 aromatic heterocycles. The molecule has 1 heterocycles. The molecule has 19 heavy (non-hydrogen) atoms. The van der Waals surface area contributed by atoms with E-state index in [1.807, 2.05) is 27.7 Å². The van der Waals surface area contributed by atoms with Crippen LogP contribution in [0.25, 0.3) is 0 Å². The number of ether oxygens (including phenoxy) is 1. The van der Waals surface area contributed by atoms with E-state index >= 15 is 0 Å². The lowest BCUT2D eigenvalue weighted by atomic mass is 10.2. The second kappa shape index (κ2) is 6.81. The van der Waals surface area contributed by atoms with Crippen molar-refractivity contribution < 1.29 is 14.4 Å². The minimum atomic E-state index is -1.54. The minimum absolute atomic E-state index is 0.0737. The molecule has 1 amide bonds. The largest absolute Gasteiger partial charge is 0.364 e. The highest BCUT2D eigenvalue weighted by Gasteiger charge is 2.45. The smallest absolute Gasteiger partial charge is 0.262 e. The maximum absolute atomic E-state index is 11.9. The first-order chi connectivity index (χ1) is 8.61. The van der Waals surface area contributed by atoms with Crippen LogP contribution in [-0.2, 0) is 9.53 Å². The molecule has 0 aromatic carbocycles. The van der Waals surface area contributed by atoms with Gasteiger partial charge < -0.3 is 15.0 Å². The second-order valence-electron chi connectivity index (χ2n) is 5.46. The van der Waals surface area contributed by atoms with Gasteiger partial charge in [0.05, 0.1) is 0 Å². The minimum Gasteiger partial charge on any atom is -0.364 e. The zero-order chi connectivity index (χ0) is 14.8. The lowest BCUT2D eigenvalue weighted by Crippen LogP contribution is -3.22. The maximum atomic E-state index is 11.9. The quantitative estimate of drug-likeness (QED) is 0.761. The van der Waals surface area contributed by atoms with E-state index in [1.54, 1.807) is 0 Å². The van der Waals surface area contributed by atoms with Crippen LogP contribution in [0.4, 0.5) is 0 Å². The third-order valence-corrected chi connectivity index (χ3v) is 3.77. The lowest BCUT2D eigenvalue weighted by Gasteiger charge is -2.39. The molecule has 0 spiro atoms. The van der Waals surface area contributed by atoms with E-state index in [0.29, 0.717) is 13.1 Å². The molecule has 1 rings (SSSR count). The molecule has 112 valence electrons. The Bertz CT molecular complexity index is 311. The molecule has 1 aliphatic heterocycles. The van der Waals surface area contributed by atoms with E-state index in [0.717, 1.165) is 4.90 Å². The Morgan fingerprint density at radius 3 is 2.11 bits per heavy atom. The van der Waals surface area contributed by atoms with E-state index in [2.05, 4.69) is 5.32 Å². The van der Waals surface area contributed by atoms with Gasteiger partial charge in [-0.1, -0.05) is 48.7 Å². The van der Waals surface area contributed by atoms with Crippen molar-refractivity contribution >= 4 is 40.7 Å². The van der Waals surface area contributed by atoms with Crippen LogP contribution in [0.5, 0.6) is 0 Å². The molecule has 0 aliphatic carbocycles. The van der Waals surface area contributed by atoms with E-state index in [4.69, 9.17) is 39.5 Å². The first-order valence-corrected chi connectivity index (χ1v) is 7.61. The fourth-order valence-corrected chi connectivity index (χ4v) is 2.90. The van der Waals surface area contributed by atoms with Gasteiger partial charge in [-0.3, -0.25) is 4.79 Å². The zero-order valence-corrected chi connectivity index (χ0v) is 13.9. The van der Waals surface area contributed by atoms with E-state index in [-0.39, 0.29) is 24.0 Å². The van der Waals surface area contributed by atoms with Crippen LogP contribution in [0.15, 0.2) is 0 Å². The highest BCUT2D eigenvalue weighted by Crippen LogP contribution is 2.28. The van der Waals surface area contributed by atoms with E-state index in [9.17, 15) is 4.79 Å². The second-order valence-corrected chi connectivity index (χ2v) is 7.83. The molecule has 0 unspecified atom stereocenters. The summed E-state index contributed by atoms with van der Waals surface area (Å²) in [4.78, 5) is 12.9. The summed E-state index contributed by atoms with van der Waals surface area (Å²) < 4.78 is 4.12. The first kappa shape index (κ1) is 17.3. The molecule has 0 bridgehead atoms. The summed E-state index contributed by atoms with van der Waals surface area (Å²) in [6.07, 6.45) is -0.421. The predicted octanol–water partition coefficient (Wildman–Crippen LogP) is 1.15. The molecule has 0 saturated carbocycles. The van der Waals surface area contributed by atoms with Crippen molar-refractivity contribution in [2.24, 2.45) is 5.92 Å². The van der Waals surface area contributed by atoms with Crippen molar-refractivity contribution in [2.45, 2.75) is 49.9 Å². The highest BCUT2D eigenvalue weighted by atomic mass is 35.6. The van der Waals surface area contributed by atoms with Gasteiger partial charge in [0.1, 0.15) is 25.3 Å². The standard InChI is InChI=1S/C12H21Cl3N2O2/c1-7(2)10(18)16-11(12(13,14)15)17-5-8(3)19-9(4)6-17/h7-9,11H,5-6H2,1-4H3,(H,16,18)/p+1/t8-,9-,11+/m1/s1. The summed E-state index contributed by atoms with van der Waals surface area (Å²) in [6.45, 7) is 8.97. The molecular weight excluding hydrogens is 311 g/mol. The summed E-state index contributed by atoms with van der Waals surface area (Å²) in [7, 11) is 0. The number of hydrogen-bond donors (Lipinski definition) is 2. The van der Waals surface area contributed by atoms with Gasteiger partial charge in [-0.05, 0) is 13.8 Å². The lowest BCUT2D eigenvalue weighted by molar-refractivity contribution is -0.941. The molecule has 0 radical (unpaired) electrons. The van der Waals surface area contributed by atoms with Gasteiger partial charge in [-0.25, -0.2) is 0 Å². The van der Waals surface area contributed by atoms with E-state index in [1.165, 1.54) is 0 Å². The summed E-state index contributed by atoms with van der Waals surface area (Å²) in [5, 5.41) is 2.84. The molecular formula is C12H22Cl3N2O2+. The number of amides is 1. The molecule has 2 N–H and O–H groups in total. The van der Waals surface area contributed by atoms with Gasteiger partial charge in [0, 0.05) is 5.92 Å². The fraction of sp³-hybridized carbons (Fsp3) is 0.917. The number of carbonyl (C=O) groups is 1. The summed E-state index contributed by atoms with van der Waals surface area (Å²) in [6, 6.07) is 0. The Kier molecular flexibility index (Phi) is 6.21. The Hall–Kier alpha value is 0.260. The number of quaternary nitrogens is 1. The molecule has 4 nitrogen and oxygen atoms in total. The third-order valence-electron chi connectivity index (χ3n) is 3.11. The Labute approximate surface area is 129 Å². The van der Waals surface area contributed by atoms with Gasteiger partial charge >= 0.3 is 0 Å². The van der Waals surface area contributed by atoms with Crippen molar-refractivity contribution in [1.29, 1.82) is 0 Å². The van der Waals surface area contributed by atoms with Crippen LogP contribution in [0.1, 0.15) is 27.7 Å². The normalized spacial score (nSPS) is 30.2. The maximum Gasteiger partial charge on any atom is 0.262 e. The molecule has 1 saturated heterocycles. The summed E-state index contributed by atoms with van der Waals surface area (Å²) >= 11 is 18.1. The topological polar surface area (TPSA) is 42.8 Å². The Morgan fingerprint density at radius 2 is 1.74 bits per heavy atom. The average molecular weight is 333 g/mol. The number of carbonyl (C=O) groups excluding carboxylic acids is 1. The number of morpholine rings is 1. The van der Waals surface area contributed by atoms with Gasteiger partial charge in [-0.2, -0.15) is 0 Å². The summed E-state index contributed by atoms with van der Waals surface area (Å²) in [5.41, 5.74) is 0. The van der Waals surface area contributed by atoms with Crippen LogP contribution >= 0.6 is 34.8 Å². The van der Waals surface area contributed by atoms with E-state index < -0.39 is 9.96 Å². The number of nitrogens with one attached hydrogen (secondary N) is 2. The van der Waals surface area contributed by atoms with Crippen LogP contribution < -0.4 is 10.2 Å². The van der Waals surface area contributed by atoms with Crippen molar-refractivity contribution in [3.8, 4) is 0 Å². The van der Waals surface area contributed by atoms with Crippen LogP contribution in [0, 0.1) is 5.92 Å². The Balaban J connectivity index is 2.82. The number of rotatable bonds is 3. The van der Waals surface area contributed by atoms with Gasteiger partial charge in [0.15, 0.2) is 0 Å². The predicted molar refractivity (Wildman–Crippen MR) is 77.8 cm³/mol. The van der Waals surface area contributed by atoms with Crippen LogP contribution in [0.2, 0.25) is 0 Å². The molecule has 1 fully saturated rings. The third kappa shape index (κ3) is 5.27. The average Bonchev–Trinajstić information content (AvgIpc) is 2.21. The molecule has 3 atom stereocenters. The molecule has 1 aliphatic rings. The van der Waals surface area contributed by atoms with Crippen LogP contribution in [0.3, 0.4) is 0 Å². The zero-order valence-electron chi connectivity index (χ0n) is 11.7. The number of halogens is 3. The van der Waals surface area contributed by atoms with Crippen molar-refractivity contribution in [3.05, 3.63) is 0 Å². The SMILES string of the molecule is CC(C)C(=O)N[C@@H]([NH+]1C[C@@H](C)O[C@H](C)C1)C(Cl)(Cl)Cl. The number of alkyl halides is 3. The number of hydrogen-bond acceptors (Lipinski definition) is 2. The summed E-state index contributed by atoms with van der Waals surface area (Å²) in [5.74, 6) is -0.263. The molecule has 0 aromatic rings. The first-order valence-electron chi connectivity index (χ1n) is 6.48. The van der Waals surface area contributed by atoms with Crippen molar-refractivity contribution in [3.63, 3.8) is 0 Å². The van der Waals surface area contributed by atoms with Gasteiger partial charge in [0.25, 0.3) is 3.79 Å². The van der Waals surface area contributed by atoms with Gasteiger partial charge in [0.2, 0.25) is 12.1 Å². The van der Waals surface area contributed by atoms with Gasteiger partial charge in [-0.15, -0.1) is 0 Å².